The number of hydrogen-bond donors (Lipinski definition) is 1. The highest BCUT2D eigenvalue weighted by Crippen LogP contribution is 2.37. The lowest BCUT2D eigenvalue weighted by Gasteiger charge is -2.39. The molecular formula is C27H29FN4O2S. The Morgan fingerprint density at radius 2 is 1.77 bits per heavy atom. The molecule has 3 aromatic rings. The molecule has 3 heterocycles. The highest BCUT2D eigenvalue weighted by atomic mass is 32.1. The Labute approximate surface area is 209 Å². The Hall–Kier alpha value is -3.23. The summed E-state index contributed by atoms with van der Waals surface area (Å²) in [6.45, 7) is 4.99. The molecule has 1 aromatic heterocycles. The number of rotatable bonds is 4. The van der Waals surface area contributed by atoms with Crippen LogP contribution in [0.3, 0.4) is 0 Å². The molecule has 6 nitrogen and oxygen atoms in total. The molecule has 8 heteroatoms. The third-order valence-electron chi connectivity index (χ3n) is 6.76. The number of nitrogens with zero attached hydrogens (tertiary/aromatic N) is 3. The fourth-order valence-corrected chi connectivity index (χ4v) is 5.87. The van der Waals surface area contributed by atoms with Gasteiger partial charge in [-0.15, -0.1) is 11.3 Å². The highest BCUT2D eigenvalue weighted by Gasteiger charge is 2.33. The number of urea groups is 1. The molecule has 1 saturated heterocycles. The molecule has 0 radical (unpaired) electrons. The molecule has 35 heavy (non-hydrogen) atoms. The van der Waals surface area contributed by atoms with Crippen LogP contribution in [0.4, 0.5) is 14.9 Å². The summed E-state index contributed by atoms with van der Waals surface area (Å²) < 4.78 is 14.0. The fourth-order valence-electron chi connectivity index (χ4n) is 4.96. The normalized spacial score (nSPS) is 18.3. The second-order valence-corrected chi connectivity index (χ2v) is 10.1. The zero-order valence-electron chi connectivity index (χ0n) is 19.7. The van der Waals surface area contributed by atoms with E-state index < -0.39 is 0 Å². The van der Waals surface area contributed by atoms with E-state index >= 15 is 0 Å². The van der Waals surface area contributed by atoms with Crippen molar-refractivity contribution in [3.05, 3.63) is 87.4 Å². The minimum Gasteiger partial charge on any atom is -0.338 e. The van der Waals surface area contributed by atoms with Gasteiger partial charge in [0.2, 0.25) is 5.91 Å². The number of hydrogen-bond acceptors (Lipinski definition) is 4. The predicted octanol–water partition coefficient (Wildman–Crippen LogP) is 4.52. The van der Waals surface area contributed by atoms with Gasteiger partial charge in [-0.1, -0.05) is 24.3 Å². The van der Waals surface area contributed by atoms with Crippen LogP contribution in [0.5, 0.6) is 0 Å². The first-order valence-electron chi connectivity index (χ1n) is 11.9. The van der Waals surface area contributed by atoms with Gasteiger partial charge in [0.1, 0.15) is 5.82 Å². The first-order valence-corrected chi connectivity index (χ1v) is 12.8. The number of nitrogens with one attached hydrogen (secondary N) is 1. The van der Waals surface area contributed by atoms with Crippen LogP contribution in [-0.4, -0.2) is 65.9 Å². The molecule has 2 aliphatic heterocycles. The van der Waals surface area contributed by atoms with Crippen molar-refractivity contribution in [1.29, 1.82) is 0 Å². The summed E-state index contributed by atoms with van der Waals surface area (Å²) in [5.41, 5.74) is 3.89. The molecule has 1 fully saturated rings. The lowest BCUT2D eigenvalue weighted by molar-refractivity contribution is -0.134. The van der Waals surface area contributed by atoms with Crippen molar-refractivity contribution in [2.75, 3.05) is 44.6 Å². The average molecular weight is 493 g/mol. The molecule has 0 bridgehead atoms. The van der Waals surface area contributed by atoms with E-state index in [0.29, 0.717) is 26.2 Å². The SMILES string of the molecule is Cc1cccc(NC(=O)N2CCN(C(=O)CN3CCc4sccc4[C@@H]3c3cccc(F)c3)CC2)c1. The summed E-state index contributed by atoms with van der Waals surface area (Å²) in [4.78, 5) is 33.0. The minimum atomic E-state index is -0.267. The van der Waals surface area contributed by atoms with Gasteiger partial charge in [-0.05, 0) is 65.7 Å². The van der Waals surface area contributed by atoms with Crippen LogP contribution in [0.15, 0.2) is 60.0 Å². The number of carbonyl (C=O) groups excluding carboxylic acids is 2. The van der Waals surface area contributed by atoms with E-state index in [9.17, 15) is 14.0 Å². The number of aryl methyl sites for hydroxylation is 1. The maximum Gasteiger partial charge on any atom is 0.321 e. The quantitative estimate of drug-likeness (QED) is 0.583. The van der Waals surface area contributed by atoms with Crippen molar-refractivity contribution in [1.82, 2.24) is 14.7 Å². The second-order valence-electron chi connectivity index (χ2n) is 9.14. The number of carbonyl (C=O) groups is 2. The van der Waals surface area contributed by atoms with Gasteiger partial charge >= 0.3 is 6.03 Å². The molecule has 3 amide bonds. The molecule has 2 aromatic carbocycles. The smallest absolute Gasteiger partial charge is 0.321 e. The molecule has 2 aliphatic rings. The monoisotopic (exact) mass is 492 g/mol. The van der Waals surface area contributed by atoms with E-state index in [0.717, 1.165) is 35.3 Å². The highest BCUT2D eigenvalue weighted by molar-refractivity contribution is 7.10. The number of fused-ring (bicyclic) bond motifs is 1. The molecule has 0 aliphatic carbocycles. The number of thiophene rings is 1. The van der Waals surface area contributed by atoms with Gasteiger partial charge in [0.05, 0.1) is 12.6 Å². The molecule has 1 N–H and O–H groups in total. The Bertz CT molecular complexity index is 1220. The van der Waals surface area contributed by atoms with E-state index in [-0.39, 0.29) is 30.3 Å². The van der Waals surface area contributed by atoms with Crippen LogP contribution in [0.2, 0.25) is 0 Å². The van der Waals surface area contributed by atoms with Crippen molar-refractivity contribution in [2.45, 2.75) is 19.4 Å². The van der Waals surface area contributed by atoms with Gasteiger partial charge in [-0.2, -0.15) is 0 Å². The van der Waals surface area contributed by atoms with E-state index in [4.69, 9.17) is 0 Å². The number of anilines is 1. The van der Waals surface area contributed by atoms with E-state index in [1.807, 2.05) is 42.2 Å². The van der Waals surface area contributed by atoms with Crippen LogP contribution >= 0.6 is 11.3 Å². The minimum absolute atomic E-state index is 0.0452. The second kappa shape index (κ2) is 10.2. The molecule has 5 rings (SSSR count). The van der Waals surface area contributed by atoms with Crippen molar-refractivity contribution < 1.29 is 14.0 Å². The van der Waals surface area contributed by atoms with Crippen molar-refractivity contribution in [2.24, 2.45) is 0 Å². The molecule has 182 valence electrons. The average Bonchev–Trinajstić information content (AvgIpc) is 3.33. The van der Waals surface area contributed by atoms with E-state index in [2.05, 4.69) is 21.7 Å². The van der Waals surface area contributed by atoms with Crippen molar-refractivity contribution >= 4 is 29.0 Å². The van der Waals surface area contributed by atoms with Crippen LogP contribution in [0, 0.1) is 12.7 Å². The van der Waals surface area contributed by atoms with Crippen molar-refractivity contribution in [3.8, 4) is 0 Å². The molecular weight excluding hydrogens is 463 g/mol. The summed E-state index contributed by atoms with van der Waals surface area (Å²) in [6, 6.07) is 16.2. The summed E-state index contributed by atoms with van der Waals surface area (Å²) in [5, 5.41) is 5.02. The zero-order chi connectivity index (χ0) is 24.4. The fraction of sp³-hybridized carbons (Fsp3) is 0.333. The number of benzene rings is 2. The Morgan fingerprint density at radius 1 is 1.00 bits per heavy atom. The number of halogens is 1. The van der Waals surface area contributed by atoms with Crippen LogP contribution in [-0.2, 0) is 11.2 Å². The topological polar surface area (TPSA) is 55.9 Å². The van der Waals surface area contributed by atoms with Gasteiger partial charge in [0.15, 0.2) is 0 Å². The van der Waals surface area contributed by atoms with Crippen LogP contribution < -0.4 is 5.32 Å². The summed E-state index contributed by atoms with van der Waals surface area (Å²) in [7, 11) is 0. The summed E-state index contributed by atoms with van der Waals surface area (Å²) in [5.74, 6) is -0.222. The van der Waals surface area contributed by atoms with Gasteiger partial charge in [-0.3, -0.25) is 9.69 Å². The Kier molecular flexibility index (Phi) is 6.83. The van der Waals surface area contributed by atoms with Crippen LogP contribution in [0.25, 0.3) is 0 Å². The largest absolute Gasteiger partial charge is 0.338 e. The molecule has 0 saturated carbocycles. The standard InChI is InChI=1S/C27H29FN4O2S/c1-19-4-2-7-22(16-19)29-27(34)31-13-11-30(12-14-31)25(33)18-32-10-8-24-23(9-15-35-24)26(32)20-5-3-6-21(28)17-20/h2-7,9,15-17,26H,8,10-14,18H2,1H3,(H,29,34)/t26-/m0/s1. The lowest BCUT2D eigenvalue weighted by atomic mass is 9.93. The van der Waals surface area contributed by atoms with E-state index in [1.165, 1.54) is 10.9 Å². The Balaban J connectivity index is 1.21. The predicted molar refractivity (Wildman–Crippen MR) is 136 cm³/mol. The first-order chi connectivity index (χ1) is 17.0. The van der Waals surface area contributed by atoms with Gasteiger partial charge in [0, 0.05) is 43.3 Å². The lowest BCUT2D eigenvalue weighted by Crippen LogP contribution is -2.54. The maximum absolute atomic E-state index is 14.0. The summed E-state index contributed by atoms with van der Waals surface area (Å²) >= 11 is 1.72. The number of piperazine rings is 1. The van der Waals surface area contributed by atoms with E-state index in [1.54, 1.807) is 28.4 Å². The molecule has 1 atom stereocenters. The first kappa shape index (κ1) is 23.5. The van der Waals surface area contributed by atoms with Gasteiger partial charge < -0.3 is 15.1 Å². The zero-order valence-corrected chi connectivity index (χ0v) is 20.6. The van der Waals surface area contributed by atoms with Crippen LogP contribution in [0.1, 0.15) is 27.6 Å². The Morgan fingerprint density at radius 3 is 2.54 bits per heavy atom. The maximum atomic E-state index is 14.0. The number of amides is 3. The molecule has 0 unspecified atom stereocenters. The third-order valence-corrected chi connectivity index (χ3v) is 7.75. The summed E-state index contributed by atoms with van der Waals surface area (Å²) in [6.07, 6.45) is 0.888. The third kappa shape index (κ3) is 5.23. The molecule has 0 spiro atoms. The van der Waals surface area contributed by atoms with Crippen molar-refractivity contribution in [3.63, 3.8) is 0 Å². The van der Waals surface area contributed by atoms with Gasteiger partial charge in [-0.25, -0.2) is 9.18 Å². The van der Waals surface area contributed by atoms with Gasteiger partial charge in [0.25, 0.3) is 0 Å².